The number of benzene rings is 1. The molecule has 154 valence electrons. The molecule has 1 heterocycles. The van der Waals surface area contributed by atoms with Crippen molar-refractivity contribution in [1.82, 2.24) is 4.90 Å². The molecule has 0 bridgehead atoms. The van der Waals surface area contributed by atoms with Crippen LogP contribution in [0.1, 0.15) is 34.9 Å². The van der Waals surface area contributed by atoms with Crippen molar-refractivity contribution in [3.63, 3.8) is 0 Å². The summed E-state index contributed by atoms with van der Waals surface area (Å²) in [4.78, 5) is 15.8. The van der Waals surface area contributed by atoms with E-state index in [0.717, 1.165) is 30.4 Å². The van der Waals surface area contributed by atoms with Gasteiger partial charge in [-0.3, -0.25) is 9.69 Å². The maximum atomic E-state index is 12.6. The molecule has 0 fully saturated rings. The zero-order valence-electron chi connectivity index (χ0n) is 17.4. The Bertz CT molecular complexity index is 932. The molecule has 0 unspecified atom stereocenters. The van der Waals surface area contributed by atoms with Crippen LogP contribution in [0.3, 0.4) is 0 Å². The Morgan fingerprint density at radius 2 is 2.17 bits per heavy atom. The third kappa shape index (κ3) is 4.72. The number of likely N-dealkylation sites (N-methyl/N-ethyl adjacent to an activating group) is 1. The molecule has 1 aliphatic carbocycles. The topological polar surface area (TPSA) is 74.6 Å². The quantitative estimate of drug-likeness (QED) is 0.747. The minimum Gasteiger partial charge on any atom is -0.493 e. The molecule has 2 aromatic rings. The van der Waals surface area contributed by atoms with Gasteiger partial charge in [-0.15, -0.1) is 11.3 Å². The molecule has 1 N–H and O–H groups in total. The van der Waals surface area contributed by atoms with Crippen LogP contribution in [0.5, 0.6) is 11.5 Å². The number of fused-ring (bicyclic) bond motifs is 1. The fourth-order valence-electron chi connectivity index (χ4n) is 3.79. The van der Waals surface area contributed by atoms with Crippen LogP contribution in [0.25, 0.3) is 0 Å². The van der Waals surface area contributed by atoms with E-state index in [-0.39, 0.29) is 12.5 Å². The standard InChI is InChI=1S/C22H27N3O3S/c1-14-8-9-16-17(11-23)22(29-19(16)10-14)24-20(26)13-25(2)12-15-6-5-7-18(27-3)21(15)28-4/h5-7,14H,8-10,12-13H2,1-4H3,(H,24,26)/t14-/m0/s1. The van der Waals surface area contributed by atoms with Crippen LogP contribution < -0.4 is 14.8 Å². The van der Waals surface area contributed by atoms with Gasteiger partial charge in [-0.1, -0.05) is 19.1 Å². The Balaban J connectivity index is 1.67. The molecule has 0 saturated heterocycles. The number of hydrogen-bond acceptors (Lipinski definition) is 6. The maximum Gasteiger partial charge on any atom is 0.239 e. The van der Waals surface area contributed by atoms with Crippen LogP contribution in [0.4, 0.5) is 5.00 Å². The van der Waals surface area contributed by atoms with Gasteiger partial charge in [-0.05, 0) is 43.9 Å². The van der Waals surface area contributed by atoms with E-state index in [2.05, 4.69) is 18.3 Å². The van der Waals surface area contributed by atoms with E-state index in [4.69, 9.17) is 9.47 Å². The summed E-state index contributed by atoms with van der Waals surface area (Å²) >= 11 is 1.55. The molecule has 1 atom stereocenters. The number of rotatable bonds is 7. The first kappa shape index (κ1) is 21.2. The average molecular weight is 414 g/mol. The first-order valence-electron chi connectivity index (χ1n) is 9.69. The average Bonchev–Trinajstić information content (AvgIpc) is 3.02. The van der Waals surface area contributed by atoms with Crippen molar-refractivity contribution < 1.29 is 14.3 Å². The van der Waals surface area contributed by atoms with E-state index in [1.54, 1.807) is 25.6 Å². The van der Waals surface area contributed by atoms with Gasteiger partial charge in [0, 0.05) is 17.0 Å². The number of amides is 1. The fourth-order valence-corrected chi connectivity index (χ4v) is 5.17. The lowest BCUT2D eigenvalue weighted by molar-refractivity contribution is -0.117. The van der Waals surface area contributed by atoms with Crippen molar-refractivity contribution in [2.24, 2.45) is 5.92 Å². The minimum absolute atomic E-state index is 0.127. The summed E-state index contributed by atoms with van der Waals surface area (Å²) < 4.78 is 10.8. The van der Waals surface area contributed by atoms with E-state index < -0.39 is 0 Å². The number of para-hydroxylation sites is 1. The van der Waals surface area contributed by atoms with Crippen LogP contribution in [-0.2, 0) is 24.2 Å². The fraction of sp³-hybridized carbons (Fsp3) is 0.455. The summed E-state index contributed by atoms with van der Waals surface area (Å²) in [5, 5.41) is 13.2. The largest absolute Gasteiger partial charge is 0.493 e. The molecule has 1 aromatic heterocycles. The van der Waals surface area contributed by atoms with E-state index in [1.165, 1.54) is 4.88 Å². The van der Waals surface area contributed by atoms with Crippen molar-refractivity contribution in [3.05, 3.63) is 39.8 Å². The summed E-state index contributed by atoms with van der Waals surface area (Å²) in [5.74, 6) is 1.84. The zero-order chi connectivity index (χ0) is 21.0. The molecule has 1 aliphatic rings. The highest BCUT2D eigenvalue weighted by Crippen LogP contribution is 2.39. The van der Waals surface area contributed by atoms with Crippen molar-refractivity contribution in [3.8, 4) is 17.6 Å². The molecule has 29 heavy (non-hydrogen) atoms. The number of carbonyl (C=O) groups excluding carboxylic acids is 1. The van der Waals surface area contributed by atoms with Gasteiger partial charge in [0.15, 0.2) is 11.5 Å². The van der Waals surface area contributed by atoms with Gasteiger partial charge in [0.25, 0.3) is 0 Å². The van der Waals surface area contributed by atoms with Gasteiger partial charge in [0.2, 0.25) is 5.91 Å². The lowest BCUT2D eigenvalue weighted by Crippen LogP contribution is -2.30. The summed E-state index contributed by atoms with van der Waals surface area (Å²) in [6, 6.07) is 8.00. The number of carbonyl (C=O) groups is 1. The van der Waals surface area contributed by atoms with Crippen LogP contribution >= 0.6 is 11.3 Å². The van der Waals surface area contributed by atoms with Crippen molar-refractivity contribution in [2.75, 3.05) is 33.1 Å². The molecule has 1 amide bonds. The lowest BCUT2D eigenvalue weighted by atomic mass is 9.89. The van der Waals surface area contributed by atoms with Gasteiger partial charge >= 0.3 is 0 Å². The molecular formula is C22H27N3O3S. The van der Waals surface area contributed by atoms with Crippen molar-refractivity contribution >= 4 is 22.2 Å². The molecule has 0 radical (unpaired) electrons. The summed E-state index contributed by atoms with van der Waals surface area (Å²) in [5.41, 5.74) is 2.71. The smallest absolute Gasteiger partial charge is 0.239 e. The van der Waals surface area contributed by atoms with Crippen LogP contribution in [0.2, 0.25) is 0 Å². The third-order valence-corrected chi connectivity index (χ3v) is 6.38. The van der Waals surface area contributed by atoms with E-state index in [9.17, 15) is 10.1 Å². The second-order valence-electron chi connectivity index (χ2n) is 7.54. The molecule has 0 spiro atoms. The first-order chi connectivity index (χ1) is 14.0. The first-order valence-corrected chi connectivity index (χ1v) is 10.5. The molecule has 3 rings (SSSR count). The highest BCUT2D eigenvalue weighted by molar-refractivity contribution is 7.16. The number of methoxy groups -OCH3 is 2. The van der Waals surface area contributed by atoms with Crippen LogP contribution in [0.15, 0.2) is 18.2 Å². The lowest BCUT2D eigenvalue weighted by Gasteiger charge is -2.19. The van der Waals surface area contributed by atoms with E-state index in [1.807, 2.05) is 30.1 Å². The number of anilines is 1. The monoisotopic (exact) mass is 413 g/mol. The summed E-state index contributed by atoms with van der Waals surface area (Å²) in [7, 11) is 5.09. The van der Waals surface area contributed by atoms with Gasteiger partial charge in [0.05, 0.1) is 26.3 Å². The Morgan fingerprint density at radius 3 is 2.86 bits per heavy atom. The van der Waals surface area contributed by atoms with Crippen molar-refractivity contribution in [2.45, 2.75) is 32.7 Å². The Morgan fingerprint density at radius 1 is 1.38 bits per heavy atom. The maximum absolute atomic E-state index is 12.6. The predicted molar refractivity (Wildman–Crippen MR) is 115 cm³/mol. The number of nitrogens with one attached hydrogen (secondary N) is 1. The molecule has 0 saturated carbocycles. The van der Waals surface area contributed by atoms with E-state index in [0.29, 0.717) is 34.5 Å². The summed E-state index contributed by atoms with van der Waals surface area (Å²) in [6.45, 7) is 2.98. The normalized spacial score (nSPS) is 15.5. The van der Waals surface area contributed by atoms with E-state index >= 15 is 0 Å². The number of nitriles is 1. The van der Waals surface area contributed by atoms with Crippen molar-refractivity contribution in [1.29, 1.82) is 5.26 Å². The SMILES string of the molecule is COc1cccc(CN(C)CC(=O)Nc2sc3c(c2C#N)CC[C@H](C)C3)c1OC. The third-order valence-electron chi connectivity index (χ3n) is 5.21. The van der Waals surface area contributed by atoms with Crippen LogP contribution in [0, 0.1) is 17.2 Å². The van der Waals surface area contributed by atoms with Gasteiger partial charge in [-0.25, -0.2) is 0 Å². The Labute approximate surface area is 176 Å². The zero-order valence-corrected chi connectivity index (χ0v) is 18.2. The number of hydrogen-bond donors (Lipinski definition) is 1. The predicted octanol–water partition coefficient (Wildman–Crippen LogP) is 3.83. The Hall–Kier alpha value is -2.56. The number of thiophene rings is 1. The minimum atomic E-state index is -0.127. The molecular weight excluding hydrogens is 386 g/mol. The van der Waals surface area contributed by atoms with Gasteiger partial charge in [-0.2, -0.15) is 5.26 Å². The molecule has 0 aliphatic heterocycles. The second kappa shape index (κ2) is 9.29. The molecule has 7 heteroatoms. The van der Waals surface area contributed by atoms with Crippen LogP contribution in [-0.4, -0.2) is 38.6 Å². The highest BCUT2D eigenvalue weighted by atomic mass is 32.1. The Kier molecular flexibility index (Phi) is 6.78. The van der Waals surface area contributed by atoms with Gasteiger partial charge < -0.3 is 14.8 Å². The summed E-state index contributed by atoms with van der Waals surface area (Å²) in [6.07, 6.45) is 3.00. The van der Waals surface area contributed by atoms with Gasteiger partial charge in [0.1, 0.15) is 11.1 Å². The number of nitrogens with zero attached hydrogens (tertiary/aromatic N) is 2. The number of ether oxygens (including phenoxy) is 2. The highest BCUT2D eigenvalue weighted by Gasteiger charge is 2.25. The second-order valence-corrected chi connectivity index (χ2v) is 8.65. The molecule has 6 nitrogen and oxygen atoms in total. The molecule has 1 aromatic carbocycles.